The van der Waals surface area contributed by atoms with E-state index in [4.69, 9.17) is 0 Å². The Bertz CT molecular complexity index is 653. The Morgan fingerprint density at radius 1 is 1.04 bits per heavy atom. The van der Waals surface area contributed by atoms with Gasteiger partial charge in [-0.25, -0.2) is 0 Å². The summed E-state index contributed by atoms with van der Waals surface area (Å²) >= 11 is 0. The molecule has 5 nitrogen and oxygen atoms in total. The summed E-state index contributed by atoms with van der Waals surface area (Å²) in [6.45, 7) is 7.68. The largest absolute Gasteiger partial charge is 0.371 e. The lowest BCUT2D eigenvalue weighted by atomic mass is 9.84. The van der Waals surface area contributed by atoms with E-state index in [0.717, 1.165) is 50.0 Å². The summed E-state index contributed by atoms with van der Waals surface area (Å²) in [6.07, 6.45) is 5.12. The van der Waals surface area contributed by atoms with E-state index in [1.165, 1.54) is 6.42 Å². The van der Waals surface area contributed by atoms with Gasteiger partial charge in [-0.15, -0.1) is 0 Å². The van der Waals surface area contributed by atoms with E-state index in [1.807, 2.05) is 45.0 Å². The summed E-state index contributed by atoms with van der Waals surface area (Å²) in [4.78, 5) is 27.1. The lowest BCUT2D eigenvalue weighted by molar-refractivity contribution is -0.128. The van der Waals surface area contributed by atoms with E-state index in [2.05, 4.69) is 15.5 Å². The van der Waals surface area contributed by atoms with Crippen LogP contribution in [0.5, 0.6) is 0 Å². The van der Waals surface area contributed by atoms with Gasteiger partial charge in [0.25, 0.3) is 5.91 Å². The predicted octanol–water partition coefficient (Wildman–Crippen LogP) is 3.10. The highest BCUT2D eigenvalue weighted by molar-refractivity contribution is 6.00. The highest BCUT2D eigenvalue weighted by Crippen LogP contribution is 2.28. The first-order valence-corrected chi connectivity index (χ1v) is 9.80. The number of anilines is 1. The molecule has 1 aromatic carbocycles. The molecule has 3 rings (SSSR count). The number of para-hydroxylation sites is 1. The van der Waals surface area contributed by atoms with Crippen molar-refractivity contribution in [2.24, 2.45) is 5.92 Å². The summed E-state index contributed by atoms with van der Waals surface area (Å²) in [7, 11) is 0. The topological polar surface area (TPSA) is 61.4 Å². The summed E-state index contributed by atoms with van der Waals surface area (Å²) in [6, 6.07) is 8.06. The van der Waals surface area contributed by atoms with Crippen molar-refractivity contribution in [3.05, 3.63) is 29.8 Å². The molecule has 1 heterocycles. The van der Waals surface area contributed by atoms with Crippen LogP contribution in [0.15, 0.2) is 24.3 Å². The van der Waals surface area contributed by atoms with Gasteiger partial charge in [0.1, 0.15) is 0 Å². The van der Waals surface area contributed by atoms with Crippen molar-refractivity contribution >= 4 is 17.5 Å². The Morgan fingerprint density at radius 2 is 1.69 bits per heavy atom. The van der Waals surface area contributed by atoms with E-state index in [0.29, 0.717) is 0 Å². The van der Waals surface area contributed by atoms with Crippen LogP contribution in [-0.4, -0.2) is 36.5 Å². The minimum absolute atomic E-state index is 0.0338. The Balaban J connectivity index is 1.60. The normalized spacial score (nSPS) is 19.0. The molecule has 0 atom stereocenters. The molecule has 2 N–H and O–H groups in total. The van der Waals surface area contributed by atoms with Gasteiger partial charge in [-0.1, -0.05) is 18.6 Å². The van der Waals surface area contributed by atoms with Crippen molar-refractivity contribution in [1.82, 2.24) is 10.6 Å². The van der Waals surface area contributed by atoms with E-state index in [-0.39, 0.29) is 29.3 Å². The van der Waals surface area contributed by atoms with Gasteiger partial charge in [-0.05, 0) is 58.6 Å². The zero-order valence-electron chi connectivity index (χ0n) is 16.2. The first kappa shape index (κ1) is 18.7. The molecule has 2 amide bonds. The molecule has 1 aromatic rings. The number of carbonyl (C=O) groups excluding carboxylic acids is 2. The van der Waals surface area contributed by atoms with E-state index < -0.39 is 0 Å². The standard InChI is InChI=1S/C21H31N3O2/c1-21(2,3)23-20(26)17-9-4-5-10-18(17)24-13-11-16(12-14-24)22-19(25)15-7-6-8-15/h4-5,9-10,15-16H,6-8,11-14H2,1-3H3,(H,22,25)(H,23,26). The third-order valence-electron chi connectivity index (χ3n) is 5.30. The molecule has 0 spiro atoms. The van der Waals surface area contributed by atoms with Gasteiger partial charge in [0.15, 0.2) is 0 Å². The summed E-state index contributed by atoms with van der Waals surface area (Å²) in [5.74, 6) is 0.447. The average Bonchev–Trinajstić information content (AvgIpc) is 2.52. The van der Waals surface area contributed by atoms with Gasteiger partial charge in [0.2, 0.25) is 5.91 Å². The molecule has 2 fully saturated rings. The average molecular weight is 357 g/mol. The molecule has 1 aliphatic carbocycles. The number of carbonyl (C=O) groups is 2. The molecular weight excluding hydrogens is 326 g/mol. The van der Waals surface area contributed by atoms with Crippen LogP contribution in [0.3, 0.4) is 0 Å². The third kappa shape index (κ3) is 4.57. The molecular formula is C21H31N3O2. The second-order valence-corrected chi connectivity index (χ2v) is 8.62. The van der Waals surface area contributed by atoms with Gasteiger partial charge >= 0.3 is 0 Å². The van der Waals surface area contributed by atoms with Crippen molar-refractivity contribution in [3.8, 4) is 0 Å². The van der Waals surface area contributed by atoms with Crippen molar-refractivity contribution < 1.29 is 9.59 Å². The quantitative estimate of drug-likeness (QED) is 0.870. The molecule has 2 aliphatic rings. The number of piperidine rings is 1. The van der Waals surface area contributed by atoms with Crippen LogP contribution in [0.25, 0.3) is 0 Å². The number of hydrogen-bond donors (Lipinski definition) is 2. The Hall–Kier alpha value is -2.04. The second-order valence-electron chi connectivity index (χ2n) is 8.62. The maximum atomic E-state index is 12.7. The minimum atomic E-state index is -0.261. The first-order chi connectivity index (χ1) is 12.3. The number of rotatable bonds is 4. The maximum Gasteiger partial charge on any atom is 0.253 e. The predicted molar refractivity (Wildman–Crippen MR) is 104 cm³/mol. The van der Waals surface area contributed by atoms with Crippen molar-refractivity contribution in [3.63, 3.8) is 0 Å². The lowest BCUT2D eigenvalue weighted by Gasteiger charge is -2.36. The van der Waals surface area contributed by atoms with Gasteiger partial charge in [0, 0.05) is 36.3 Å². The van der Waals surface area contributed by atoms with Gasteiger partial charge in [-0.3, -0.25) is 9.59 Å². The number of nitrogens with zero attached hydrogens (tertiary/aromatic N) is 1. The number of benzene rings is 1. The molecule has 1 saturated heterocycles. The van der Waals surface area contributed by atoms with Crippen molar-refractivity contribution in [2.75, 3.05) is 18.0 Å². The minimum Gasteiger partial charge on any atom is -0.371 e. The van der Waals surface area contributed by atoms with E-state index in [1.54, 1.807) is 0 Å². The highest BCUT2D eigenvalue weighted by Gasteiger charge is 2.29. The molecule has 5 heteroatoms. The van der Waals surface area contributed by atoms with Crippen molar-refractivity contribution in [2.45, 2.75) is 64.5 Å². The van der Waals surface area contributed by atoms with Gasteiger partial charge < -0.3 is 15.5 Å². The summed E-state index contributed by atoms with van der Waals surface area (Å²) < 4.78 is 0. The lowest BCUT2D eigenvalue weighted by Crippen LogP contribution is -2.48. The van der Waals surface area contributed by atoms with Crippen LogP contribution >= 0.6 is 0 Å². The van der Waals surface area contributed by atoms with Crippen molar-refractivity contribution in [1.29, 1.82) is 0 Å². The highest BCUT2D eigenvalue weighted by atomic mass is 16.2. The Kier molecular flexibility index (Phi) is 5.54. The van der Waals surface area contributed by atoms with E-state index >= 15 is 0 Å². The number of hydrogen-bond acceptors (Lipinski definition) is 3. The molecule has 0 bridgehead atoms. The smallest absolute Gasteiger partial charge is 0.253 e. The Labute approximate surface area is 156 Å². The maximum absolute atomic E-state index is 12.7. The molecule has 1 aliphatic heterocycles. The molecule has 0 aromatic heterocycles. The van der Waals surface area contributed by atoms with Gasteiger partial charge in [-0.2, -0.15) is 0 Å². The van der Waals surface area contributed by atoms with Crippen LogP contribution in [0.2, 0.25) is 0 Å². The summed E-state index contributed by atoms with van der Waals surface area (Å²) in [5, 5.41) is 6.27. The van der Waals surface area contributed by atoms with Crippen LogP contribution in [-0.2, 0) is 4.79 Å². The zero-order chi connectivity index (χ0) is 18.7. The number of nitrogens with one attached hydrogen (secondary N) is 2. The zero-order valence-corrected chi connectivity index (χ0v) is 16.2. The molecule has 142 valence electrons. The molecule has 0 radical (unpaired) electrons. The number of amides is 2. The molecule has 0 unspecified atom stereocenters. The van der Waals surface area contributed by atoms with E-state index in [9.17, 15) is 9.59 Å². The molecule has 26 heavy (non-hydrogen) atoms. The third-order valence-corrected chi connectivity index (χ3v) is 5.30. The van der Waals surface area contributed by atoms with Crippen LogP contribution in [0.4, 0.5) is 5.69 Å². The van der Waals surface area contributed by atoms with Crippen LogP contribution in [0.1, 0.15) is 63.2 Å². The van der Waals surface area contributed by atoms with Crippen LogP contribution in [0, 0.1) is 5.92 Å². The fourth-order valence-electron chi connectivity index (χ4n) is 3.60. The molecule has 1 saturated carbocycles. The summed E-state index contributed by atoms with van der Waals surface area (Å²) in [5.41, 5.74) is 1.45. The SMILES string of the molecule is CC(C)(C)NC(=O)c1ccccc1N1CCC(NC(=O)C2CCC2)CC1. The second kappa shape index (κ2) is 7.68. The fraction of sp³-hybridized carbons (Fsp3) is 0.619. The van der Waals surface area contributed by atoms with Gasteiger partial charge in [0.05, 0.1) is 5.56 Å². The Morgan fingerprint density at radius 3 is 2.27 bits per heavy atom. The monoisotopic (exact) mass is 357 g/mol. The van der Waals surface area contributed by atoms with Crippen LogP contribution < -0.4 is 15.5 Å². The fourth-order valence-corrected chi connectivity index (χ4v) is 3.60. The first-order valence-electron chi connectivity index (χ1n) is 9.80.